The largest absolute Gasteiger partial charge is 0.494 e. The topological polar surface area (TPSA) is 83.1 Å². The SMILES string of the molecule is CCOc1ccc(/C=C/C(=O)O[C@H](C)C(=O)Nc2ccc3c(c2)OCO3)cc1. The molecule has 2 aromatic rings. The predicted molar refractivity (Wildman–Crippen MR) is 103 cm³/mol. The second kappa shape index (κ2) is 8.94. The van der Waals surface area contributed by atoms with Gasteiger partial charge in [-0.25, -0.2) is 4.79 Å². The molecule has 1 atom stereocenters. The summed E-state index contributed by atoms with van der Waals surface area (Å²) in [4.78, 5) is 24.2. The highest BCUT2D eigenvalue weighted by atomic mass is 16.7. The predicted octanol–water partition coefficient (Wildman–Crippen LogP) is 3.40. The van der Waals surface area contributed by atoms with Crippen molar-refractivity contribution in [3.8, 4) is 17.2 Å². The summed E-state index contributed by atoms with van der Waals surface area (Å²) in [7, 11) is 0. The van der Waals surface area contributed by atoms with E-state index in [-0.39, 0.29) is 6.79 Å². The quantitative estimate of drug-likeness (QED) is 0.583. The van der Waals surface area contributed by atoms with Gasteiger partial charge in [-0.15, -0.1) is 0 Å². The molecule has 0 spiro atoms. The van der Waals surface area contributed by atoms with Crippen LogP contribution >= 0.6 is 0 Å². The minimum atomic E-state index is -0.956. The maximum atomic E-state index is 12.2. The van der Waals surface area contributed by atoms with E-state index in [1.54, 1.807) is 24.3 Å². The third-order valence-electron chi connectivity index (χ3n) is 3.91. The van der Waals surface area contributed by atoms with Crippen molar-refractivity contribution < 1.29 is 28.5 Å². The number of hydrogen-bond donors (Lipinski definition) is 1. The summed E-state index contributed by atoms with van der Waals surface area (Å²) in [5.74, 6) is 0.887. The fourth-order valence-electron chi connectivity index (χ4n) is 2.49. The van der Waals surface area contributed by atoms with Crippen LogP contribution in [-0.4, -0.2) is 31.4 Å². The third-order valence-corrected chi connectivity index (χ3v) is 3.91. The molecule has 1 aliphatic heterocycles. The Bertz CT molecular complexity index is 875. The Morgan fingerprint density at radius 3 is 2.64 bits per heavy atom. The van der Waals surface area contributed by atoms with Crippen LogP contribution in [0.4, 0.5) is 5.69 Å². The standard InChI is InChI=1S/C21H21NO6/c1-3-25-17-8-4-15(5-9-17)6-11-20(23)28-14(2)21(24)22-16-7-10-18-19(12-16)27-13-26-18/h4-12,14H,3,13H2,1-2H3,(H,22,24)/b11-6+/t14-/m1/s1. The van der Waals surface area contributed by atoms with Gasteiger partial charge in [0, 0.05) is 17.8 Å². The van der Waals surface area contributed by atoms with E-state index in [2.05, 4.69) is 5.32 Å². The van der Waals surface area contributed by atoms with Crippen LogP contribution in [0.5, 0.6) is 17.2 Å². The van der Waals surface area contributed by atoms with Crippen molar-refractivity contribution in [2.45, 2.75) is 20.0 Å². The van der Waals surface area contributed by atoms with Crippen LogP contribution in [0.1, 0.15) is 19.4 Å². The van der Waals surface area contributed by atoms with Crippen LogP contribution in [0.3, 0.4) is 0 Å². The van der Waals surface area contributed by atoms with E-state index in [1.165, 1.54) is 13.0 Å². The molecule has 1 heterocycles. The first kappa shape index (κ1) is 19.3. The monoisotopic (exact) mass is 383 g/mol. The number of esters is 1. The Hall–Kier alpha value is -3.48. The molecule has 1 amide bonds. The molecule has 146 valence electrons. The van der Waals surface area contributed by atoms with E-state index < -0.39 is 18.0 Å². The first-order chi connectivity index (χ1) is 13.5. The van der Waals surface area contributed by atoms with E-state index in [0.717, 1.165) is 11.3 Å². The zero-order valence-corrected chi connectivity index (χ0v) is 15.6. The summed E-state index contributed by atoms with van der Waals surface area (Å²) < 4.78 is 21.0. The summed E-state index contributed by atoms with van der Waals surface area (Å²) in [6, 6.07) is 12.3. The van der Waals surface area contributed by atoms with Crippen molar-refractivity contribution in [1.29, 1.82) is 0 Å². The maximum absolute atomic E-state index is 12.2. The van der Waals surface area contributed by atoms with E-state index in [0.29, 0.717) is 23.8 Å². The molecule has 28 heavy (non-hydrogen) atoms. The van der Waals surface area contributed by atoms with Gasteiger partial charge in [0.1, 0.15) is 5.75 Å². The van der Waals surface area contributed by atoms with E-state index in [9.17, 15) is 9.59 Å². The van der Waals surface area contributed by atoms with Crippen LogP contribution < -0.4 is 19.5 Å². The van der Waals surface area contributed by atoms with Crippen LogP contribution in [0, 0.1) is 0 Å². The summed E-state index contributed by atoms with van der Waals surface area (Å²) in [6.45, 7) is 4.16. The van der Waals surface area contributed by atoms with Gasteiger partial charge in [-0.3, -0.25) is 4.79 Å². The molecule has 0 aliphatic carbocycles. The fourth-order valence-corrected chi connectivity index (χ4v) is 2.49. The van der Waals surface area contributed by atoms with Crippen molar-refractivity contribution in [1.82, 2.24) is 0 Å². The Morgan fingerprint density at radius 2 is 1.89 bits per heavy atom. The highest BCUT2D eigenvalue weighted by Crippen LogP contribution is 2.34. The number of anilines is 1. The minimum Gasteiger partial charge on any atom is -0.494 e. The summed E-state index contributed by atoms with van der Waals surface area (Å²) in [5.41, 5.74) is 1.35. The van der Waals surface area contributed by atoms with Crippen molar-refractivity contribution in [3.05, 3.63) is 54.1 Å². The molecule has 0 radical (unpaired) electrons. The Labute approximate surface area is 162 Å². The van der Waals surface area contributed by atoms with Crippen molar-refractivity contribution in [2.75, 3.05) is 18.7 Å². The van der Waals surface area contributed by atoms with Gasteiger partial charge in [0.2, 0.25) is 6.79 Å². The van der Waals surface area contributed by atoms with E-state index in [1.807, 2.05) is 31.2 Å². The van der Waals surface area contributed by atoms with Crippen molar-refractivity contribution >= 4 is 23.6 Å². The van der Waals surface area contributed by atoms with Crippen LogP contribution in [0.15, 0.2) is 48.5 Å². The number of benzene rings is 2. The van der Waals surface area contributed by atoms with Gasteiger partial charge in [-0.05, 0) is 49.8 Å². The molecule has 1 N–H and O–H groups in total. The smallest absolute Gasteiger partial charge is 0.331 e. The average Bonchev–Trinajstić information content (AvgIpc) is 3.15. The highest BCUT2D eigenvalue weighted by Gasteiger charge is 2.19. The number of amides is 1. The molecule has 7 heteroatoms. The van der Waals surface area contributed by atoms with Gasteiger partial charge in [-0.1, -0.05) is 12.1 Å². The van der Waals surface area contributed by atoms with Gasteiger partial charge >= 0.3 is 5.97 Å². The second-order valence-electron chi connectivity index (χ2n) is 5.97. The molecule has 0 saturated heterocycles. The molecule has 1 aliphatic rings. The number of carbonyl (C=O) groups is 2. The summed E-state index contributed by atoms with van der Waals surface area (Å²) in [5, 5.41) is 2.68. The number of carbonyl (C=O) groups excluding carboxylic acids is 2. The lowest BCUT2D eigenvalue weighted by Crippen LogP contribution is -2.29. The third kappa shape index (κ3) is 5.03. The van der Waals surface area contributed by atoms with Crippen LogP contribution in [0.25, 0.3) is 6.08 Å². The Morgan fingerprint density at radius 1 is 1.14 bits per heavy atom. The molecule has 0 bridgehead atoms. The number of fused-ring (bicyclic) bond motifs is 1. The van der Waals surface area contributed by atoms with Crippen molar-refractivity contribution in [3.63, 3.8) is 0 Å². The zero-order chi connectivity index (χ0) is 19.9. The number of ether oxygens (including phenoxy) is 4. The van der Waals surface area contributed by atoms with Gasteiger partial charge in [-0.2, -0.15) is 0 Å². The first-order valence-corrected chi connectivity index (χ1v) is 8.87. The van der Waals surface area contributed by atoms with E-state index in [4.69, 9.17) is 18.9 Å². The van der Waals surface area contributed by atoms with Crippen molar-refractivity contribution in [2.24, 2.45) is 0 Å². The molecule has 2 aromatic carbocycles. The second-order valence-corrected chi connectivity index (χ2v) is 5.97. The summed E-state index contributed by atoms with van der Waals surface area (Å²) >= 11 is 0. The molecule has 0 fully saturated rings. The molecule has 0 aromatic heterocycles. The lowest BCUT2D eigenvalue weighted by Gasteiger charge is -2.12. The highest BCUT2D eigenvalue weighted by molar-refractivity contribution is 5.96. The fraction of sp³-hybridized carbons (Fsp3) is 0.238. The van der Waals surface area contributed by atoms with Gasteiger partial charge in [0.15, 0.2) is 17.6 Å². The lowest BCUT2D eigenvalue weighted by molar-refractivity contribution is -0.148. The normalized spacial score (nSPS) is 13.2. The van der Waals surface area contributed by atoms with Gasteiger partial charge in [0.05, 0.1) is 6.61 Å². The number of nitrogens with one attached hydrogen (secondary N) is 1. The van der Waals surface area contributed by atoms with Gasteiger partial charge < -0.3 is 24.3 Å². The maximum Gasteiger partial charge on any atom is 0.331 e. The van der Waals surface area contributed by atoms with Crippen LogP contribution in [-0.2, 0) is 14.3 Å². The Balaban J connectivity index is 1.51. The summed E-state index contributed by atoms with van der Waals surface area (Å²) in [6.07, 6.45) is 1.93. The van der Waals surface area contributed by atoms with Gasteiger partial charge in [0.25, 0.3) is 5.91 Å². The average molecular weight is 383 g/mol. The zero-order valence-electron chi connectivity index (χ0n) is 15.6. The molecule has 0 saturated carbocycles. The first-order valence-electron chi connectivity index (χ1n) is 8.87. The van der Waals surface area contributed by atoms with Crippen LogP contribution in [0.2, 0.25) is 0 Å². The Kier molecular flexibility index (Phi) is 6.16. The molecule has 3 rings (SSSR count). The molecule has 0 unspecified atom stereocenters. The number of rotatable bonds is 7. The molecular formula is C21H21NO6. The molecule has 7 nitrogen and oxygen atoms in total. The lowest BCUT2D eigenvalue weighted by atomic mass is 10.2. The number of hydrogen-bond acceptors (Lipinski definition) is 6. The van der Waals surface area contributed by atoms with E-state index >= 15 is 0 Å². The minimum absolute atomic E-state index is 0.154. The molecular weight excluding hydrogens is 362 g/mol.